The zero-order valence-electron chi connectivity index (χ0n) is 13.0. The Bertz CT molecular complexity index is 855. The molecular formula is C18H18N2O2S. The molecule has 0 unspecified atom stereocenters. The first-order chi connectivity index (χ1) is 11.2. The molecule has 3 rings (SSSR count). The van der Waals surface area contributed by atoms with E-state index in [-0.39, 0.29) is 5.75 Å². The third kappa shape index (κ3) is 3.46. The van der Waals surface area contributed by atoms with Crippen molar-refractivity contribution in [1.82, 2.24) is 4.98 Å². The van der Waals surface area contributed by atoms with E-state index in [1.165, 1.54) is 7.11 Å². The summed E-state index contributed by atoms with van der Waals surface area (Å²) in [5.74, 6) is 0.604. The molecule has 0 spiro atoms. The smallest absolute Gasteiger partial charge is 0.161 e. The van der Waals surface area contributed by atoms with Gasteiger partial charge in [0.05, 0.1) is 17.3 Å². The van der Waals surface area contributed by atoms with Gasteiger partial charge in [0.15, 0.2) is 11.5 Å². The summed E-state index contributed by atoms with van der Waals surface area (Å²) in [7, 11) is 1.54. The number of hydrogen-bond donors (Lipinski definition) is 2. The summed E-state index contributed by atoms with van der Waals surface area (Å²) >= 11 is 1.65. The van der Waals surface area contributed by atoms with E-state index in [9.17, 15) is 5.11 Å². The van der Waals surface area contributed by atoms with Gasteiger partial charge in [-0.25, -0.2) is 4.98 Å². The van der Waals surface area contributed by atoms with Crippen LogP contribution in [0.5, 0.6) is 11.5 Å². The second-order valence-corrected chi connectivity index (χ2v) is 6.09. The number of benzene rings is 2. The minimum absolute atomic E-state index is 0.139. The van der Waals surface area contributed by atoms with Gasteiger partial charge in [-0.15, -0.1) is 11.3 Å². The summed E-state index contributed by atoms with van der Waals surface area (Å²) in [6, 6.07) is 11.5. The van der Waals surface area contributed by atoms with E-state index in [1.54, 1.807) is 23.5 Å². The molecule has 0 saturated carbocycles. The second-order valence-electron chi connectivity index (χ2n) is 5.03. The van der Waals surface area contributed by atoms with Crippen LogP contribution in [0, 0.1) is 0 Å². The average Bonchev–Trinajstić information content (AvgIpc) is 2.96. The van der Waals surface area contributed by atoms with Crippen molar-refractivity contribution in [2.45, 2.75) is 6.92 Å². The molecule has 0 bridgehead atoms. The molecule has 118 valence electrons. The molecule has 0 atom stereocenters. The van der Waals surface area contributed by atoms with Crippen LogP contribution < -0.4 is 10.1 Å². The van der Waals surface area contributed by atoms with Crippen molar-refractivity contribution in [2.75, 3.05) is 19.0 Å². The van der Waals surface area contributed by atoms with Crippen molar-refractivity contribution in [3.05, 3.63) is 47.0 Å². The lowest BCUT2D eigenvalue weighted by molar-refractivity contribution is 0.373. The monoisotopic (exact) mass is 326 g/mol. The van der Waals surface area contributed by atoms with Gasteiger partial charge in [0, 0.05) is 12.2 Å². The summed E-state index contributed by atoms with van der Waals surface area (Å²) in [5.41, 5.74) is 3.06. The summed E-state index contributed by atoms with van der Waals surface area (Å²) in [6.07, 6.45) is 3.94. The van der Waals surface area contributed by atoms with Crippen molar-refractivity contribution < 1.29 is 9.84 Å². The zero-order chi connectivity index (χ0) is 16.2. The molecule has 0 amide bonds. The van der Waals surface area contributed by atoms with Gasteiger partial charge < -0.3 is 15.2 Å². The third-order valence-corrected chi connectivity index (χ3v) is 4.39. The number of fused-ring (bicyclic) bond motifs is 1. The van der Waals surface area contributed by atoms with Crippen LogP contribution in [0.4, 0.5) is 5.69 Å². The molecule has 0 radical (unpaired) electrons. The molecule has 1 aromatic heterocycles. The van der Waals surface area contributed by atoms with Gasteiger partial charge in [-0.05, 0) is 48.9 Å². The maximum absolute atomic E-state index is 9.62. The fraction of sp³-hybridized carbons (Fsp3) is 0.167. The van der Waals surface area contributed by atoms with Gasteiger partial charge in [0.1, 0.15) is 5.01 Å². The number of aromatic hydroxyl groups is 1. The number of anilines is 1. The van der Waals surface area contributed by atoms with Crippen LogP contribution in [0.2, 0.25) is 0 Å². The fourth-order valence-electron chi connectivity index (χ4n) is 2.29. The number of nitrogens with zero attached hydrogens (tertiary/aromatic N) is 1. The van der Waals surface area contributed by atoms with E-state index in [0.717, 1.165) is 33.0 Å². The third-order valence-electron chi connectivity index (χ3n) is 3.41. The number of nitrogens with one attached hydrogen (secondary N) is 1. The van der Waals surface area contributed by atoms with Crippen LogP contribution in [0.25, 0.3) is 22.4 Å². The van der Waals surface area contributed by atoms with E-state index < -0.39 is 0 Å². The molecule has 0 saturated heterocycles. The molecular weight excluding hydrogens is 308 g/mol. The van der Waals surface area contributed by atoms with Gasteiger partial charge in [0.25, 0.3) is 0 Å². The van der Waals surface area contributed by atoms with Crippen molar-refractivity contribution in [3.8, 4) is 11.5 Å². The first-order valence-corrected chi connectivity index (χ1v) is 8.21. The number of hydrogen-bond acceptors (Lipinski definition) is 5. The van der Waals surface area contributed by atoms with Gasteiger partial charge in [0.2, 0.25) is 0 Å². The van der Waals surface area contributed by atoms with Gasteiger partial charge in [-0.2, -0.15) is 0 Å². The highest BCUT2D eigenvalue weighted by atomic mass is 32.1. The largest absolute Gasteiger partial charge is 0.504 e. The van der Waals surface area contributed by atoms with Gasteiger partial charge in [-0.3, -0.25) is 0 Å². The van der Waals surface area contributed by atoms with E-state index in [0.29, 0.717) is 5.75 Å². The van der Waals surface area contributed by atoms with Crippen molar-refractivity contribution >= 4 is 39.4 Å². The molecule has 2 N–H and O–H groups in total. The summed E-state index contributed by atoms with van der Waals surface area (Å²) in [6.45, 7) is 2.98. The number of phenolic OH excluding ortho intramolecular Hbond substituents is 1. The molecule has 2 aromatic carbocycles. The molecule has 4 nitrogen and oxygen atoms in total. The first kappa shape index (κ1) is 15.4. The Hall–Kier alpha value is -2.53. The zero-order valence-corrected chi connectivity index (χ0v) is 13.9. The van der Waals surface area contributed by atoms with E-state index in [1.807, 2.05) is 30.4 Å². The Labute approximate surface area is 139 Å². The summed E-state index contributed by atoms with van der Waals surface area (Å²) in [4.78, 5) is 4.61. The average molecular weight is 326 g/mol. The maximum atomic E-state index is 9.62. The molecule has 5 heteroatoms. The van der Waals surface area contributed by atoms with E-state index >= 15 is 0 Å². The van der Waals surface area contributed by atoms with Crippen LogP contribution in [-0.2, 0) is 0 Å². The fourth-order valence-corrected chi connectivity index (χ4v) is 3.20. The predicted octanol–water partition coefficient (Wildman–Crippen LogP) is 4.61. The minimum Gasteiger partial charge on any atom is -0.504 e. The molecule has 0 aliphatic heterocycles. The number of thiazole rings is 1. The normalized spacial score (nSPS) is 11.2. The van der Waals surface area contributed by atoms with Crippen LogP contribution in [0.1, 0.15) is 17.5 Å². The van der Waals surface area contributed by atoms with Crippen molar-refractivity contribution in [2.24, 2.45) is 0 Å². The lowest BCUT2D eigenvalue weighted by atomic mass is 10.2. The Morgan fingerprint density at radius 2 is 2.09 bits per heavy atom. The van der Waals surface area contributed by atoms with Crippen molar-refractivity contribution in [3.63, 3.8) is 0 Å². The van der Waals surface area contributed by atoms with Gasteiger partial charge >= 0.3 is 0 Å². The highest BCUT2D eigenvalue weighted by Gasteiger charge is 2.03. The Morgan fingerprint density at radius 1 is 1.22 bits per heavy atom. The van der Waals surface area contributed by atoms with Crippen LogP contribution in [0.3, 0.4) is 0 Å². The Kier molecular flexibility index (Phi) is 4.48. The molecule has 0 aliphatic rings. The number of ether oxygens (including phenoxy) is 1. The molecule has 0 fully saturated rings. The predicted molar refractivity (Wildman–Crippen MR) is 97.4 cm³/mol. The van der Waals surface area contributed by atoms with Crippen molar-refractivity contribution in [1.29, 1.82) is 0 Å². The Balaban J connectivity index is 1.85. The number of aromatic nitrogens is 1. The molecule has 1 heterocycles. The highest BCUT2D eigenvalue weighted by molar-refractivity contribution is 7.19. The molecule has 3 aromatic rings. The topological polar surface area (TPSA) is 54.4 Å². The quantitative estimate of drug-likeness (QED) is 0.719. The second kappa shape index (κ2) is 6.71. The summed E-state index contributed by atoms with van der Waals surface area (Å²) in [5, 5.41) is 13.9. The highest BCUT2D eigenvalue weighted by Crippen LogP contribution is 2.29. The Morgan fingerprint density at radius 3 is 2.87 bits per heavy atom. The van der Waals surface area contributed by atoms with E-state index in [2.05, 4.69) is 23.3 Å². The van der Waals surface area contributed by atoms with Crippen LogP contribution in [-0.4, -0.2) is 23.7 Å². The van der Waals surface area contributed by atoms with Crippen LogP contribution in [0.15, 0.2) is 36.4 Å². The molecule has 23 heavy (non-hydrogen) atoms. The van der Waals surface area contributed by atoms with E-state index in [4.69, 9.17) is 4.74 Å². The minimum atomic E-state index is 0.139. The number of rotatable bonds is 5. The standard InChI is InChI=1S/C18H18N2O2S/c1-3-19-13-6-7-14-17(11-13)23-18(20-14)9-5-12-4-8-15(21)16(10-12)22-2/h4-11,19,21H,3H2,1-2H3/b9-5+. The maximum Gasteiger partial charge on any atom is 0.161 e. The van der Waals surface area contributed by atoms with Crippen LogP contribution >= 0.6 is 11.3 Å². The summed E-state index contributed by atoms with van der Waals surface area (Å²) < 4.78 is 6.28. The molecule has 0 aliphatic carbocycles. The number of methoxy groups -OCH3 is 1. The number of phenols is 1. The van der Waals surface area contributed by atoms with Gasteiger partial charge in [-0.1, -0.05) is 12.1 Å². The lowest BCUT2D eigenvalue weighted by Crippen LogP contribution is -1.95. The lowest BCUT2D eigenvalue weighted by Gasteiger charge is -2.03. The first-order valence-electron chi connectivity index (χ1n) is 7.39. The SMILES string of the molecule is CCNc1ccc2nc(/C=C/c3ccc(O)c(OC)c3)sc2c1.